The van der Waals surface area contributed by atoms with Crippen LogP contribution in [-0.2, 0) is 25.0 Å². The number of nitrogens with one attached hydrogen (secondary N) is 2. The molecular formula is C22H25F3N2O6S. The quantitative estimate of drug-likeness (QED) is 0.531. The van der Waals surface area contributed by atoms with E-state index in [0.29, 0.717) is 11.4 Å². The van der Waals surface area contributed by atoms with Crippen LogP contribution in [0.25, 0.3) is 0 Å². The highest BCUT2D eigenvalue weighted by molar-refractivity contribution is 7.92. The first-order valence-electron chi connectivity index (χ1n) is 10.1. The molecule has 0 heterocycles. The molecule has 1 saturated carbocycles. The third-order valence-corrected chi connectivity index (χ3v) is 6.27. The Bertz CT molecular complexity index is 1130. The molecule has 186 valence electrons. The summed E-state index contributed by atoms with van der Waals surface area (Å²) in [6.07, 6.45) is -3.47. The molecule has 12 heteroatoms. The van der Waals surface area contributed by atoms with E-state index < -0.39 is 27.6 Å². The summed E-state index contributed by atoms with van der Waals surface area (Å²) in [7, 11) is -2.23. The highest BCUT2D eigenvalue weighted by Crippen LogP contribution is 2.48. The smallest absolute Gasteiger partial charge is 0.490 e. The van der Waals surface area contributed by atoms with E-state index in [1.54, 1.807) is 24.3 Å². The maximum absolute atomic E-state index is 12.6. The highest BCUT2D eigenvalue weighted by atomic mass is 32.2. The van der Waals surface area contributed by atoms with Crippen molar-refractivity contribution in [3.8, 4) is 5.75 Å². The summed E-state index contributed by atoms with van der Waals surface area (Å²) in [4.78, 5) is 21.5. The summed E-state index contributed by atoms with van der Waals surface area (Å²) in [5.41, 5.74) is 0.876. The molecule has 0 unspecified atom stereocenters. The lowest BCUT2D eigenvalue weighted by molar-refractivity contribution is -0.192. The second-order valence-electron chi connectivity index (χ2n) is 7.88. The minimum Gasteiger partial charge on any atom is -0.497 e. The van der Waals surface area contributed by atoms with Crippen molar-refractivity contribution >= 4 is 27.6 Å². The van der Waals surface area contributed by atoms with Crippen molar-refractivity contribution in [2.75, 3.05) is 11.8 Å². The zero-order chi connectivity index (χ0) is 25.7. The number of methoxy groups -OCH3 is 1. The van der Waals surface area contributed by atoms with Crippen molar-refractivity contribution in [3.05, 3.63) is 54.1 Å². The molecule has 0 saturated heterocycles. The molecule has 1 aliphatic rings. The lowest BCUT2D eigenvalue weighted by Gasteiger charge is -2.18. The SMILES string of the molecule is COc1cccc(S(=O)(=O)Nc2ccc(C3(C(=O)NC(C)C)CC3)cc2)c1.O=C(O)C(F)(F)F. The number of anilines is 1. The van der Waals surface area contributed by atoms with Crippen molar-refractivity contribution in [3.63, 3.8) is 0 Å². The van der Waals surface area contributed by atoms with Gasteiger partial charge in [0.25, 0.3) is 10.0 Å². The minimum absolute atomic E-state index is 0.0298. The van der Waals surface area contributed by atoms with Crippen LogP contribution >= 0.6 is 0 Å². The predicted octanol–water partition coefficient (Wildman–Crippen LogP) is 3.69. The number of halogens is 3. The monoisotopic (exact) mass is 502 g/mol. The normalized spacial score (nSPS) is 14.4. The van der Waals surface area contributed by atoms with Gasteiger partial charge in [-0.2, -0.15) is 13.2 Å². The van der Waals surface area contributed by atoms with Gasteiger partial charge in [-0.3, -0.25) is 9.52 Å². The Morgan fingerprint density at radius 1 is 1.09 bits per heavy atom. The van der Waals surface area contributed by atoms with Crippen LogP contribution in [0.1, 0.15) is 32.3 Å². The number of carbonyl (C=O) groups excluding carboxylic acids is 1. The zero-order valence-electron chi connectivity index (χ0n) is 18.6. The largest absolute Gasteiger partial charge is 0.497 e. The highest BCUT2D eigenvalue weighted by Gasteiger charge is 2.51. The van der Waals surface area contributed by atoms with Gasteiger partial charge in [0, 0.05) is 17.8 Å². The average molecular weight is 503 g/mol. The molecule has 2 aromatic rings. The Hall–Kier alpha value is -3.28. The third kappa shape index (κ3) is 6.86. The third-order valence-electron chi connectivity index (χ3n) is 4.89. The van der Waals surface area contributed by atoms with Gasteiger partial charge in [-0.05, 0) is 56.5 Å². The van der Waals surface area contributed by atoms with E-state index in [0.717, 1.165) is 18.4 Å². The fourth-order valence-corrected chi connectivity index (χ4v) is 4.11. The Balaban J connectivity index is 0.000000509. The minimum atomic E-state index is -5.08. The molecule has 34 heavy (non-hydrogen) atoms. The van der Waals surface area contributed by atoms with Crippen LogP contribution in [0.2, 0.25) is 0 Å². The van der Waals surface area contributed by atoms with Crippen LogP contribution in [0.4, 0.5) is 18.9 Å². The second kappa shape index (κ2) is 10.3. The Morgan fingerprint density at radius 2 is 1.65 bits per heavy atom. The molecule has 1 fully saturated rings. The average Bonchev–Trinajstić information content (AvgIpc) is 3.55. The molecule has 8 nitrogen and oxygen atoms in total. The van der Waals surface area contributed by atoms with Gasteiger partial charge < -0.3 is 15.2 Å². The van der Waals surface area contributed by atoms with Gasteiger partial charge in [-0.1, -0.05) is 18.2 Å². The first-order valence-corrected chi connectivity index (χ1v) is 11.6. The van der Waals surface area contributed by atoms with Gasteiger partial charge in [0.1, 0.15) is 5.75 Å². The van der Waals surface area contributed by atoms with E-state index in [4.69, 9.17) is 14.6 Å². The summed E-state index contributed by atoms with van der Waals surface area (Å²) in [6.45, 7) is 3.87. The summed E-state index contributed by atoms with van der Waals surface area (Å²) in [5.74, 6) is -2.25. The molecule has 3 N–H and O–H groups in total. The molecule has 0 aromatic heterocycles. The van der Waals surface area contributed by atoms with Gasteiger partial charge in [-0.15, -0.1) is 0 Å². The standard InChI is InChI=1S/C20H24N2O4S.C2HF3O2/c1-14(2)21-19(23)20(11-12-20)15-7-9-16(10-8-15)22-27(24,25)18-6-4-5-17(13-18)26-3;3-2(4,5)1(6)7/h4-10,13-14,22H,11-12H2,1-3H3,(H,21,23);(H,6,7). The topological polar surface area (TPSA) is 122 Å². The molecule has 1 amide bonds. The van der Waals surface area contributed by atoms with E-state index in [9.17, 15) is 26.4 Å². The summed E-state index contributed by atoms with van der Waals surface area (Å²) in [5, 5.41) is 10.1. The molecule has 0 aliphatic heterocycles. The maximum Gasteiger partial charge on any atom is 0.490 e. The molecule has 0 atom stereocenters. The molecule has 1 aliphatic carbocycles. The van der Waals surface area contributed by atoms with E-state index in [1.807, 2.05) is 26.0 Å². The van der Waals surface area contributed by atoms with Gasteiger partial charge >= 0.3 is 12.1 Å². The number of carboxylic acid groups (broad SMARTS) is 1. The number of benzene rings is 2. The number of carboxylic acids is 1. The van der Waals surface area contributed by atoms with Crippen LogP contribution in [-0.4, -0.2) is 44.7 Å². The Morgan fingerprint density at radius 3 is 2.09 bits per heavy atom. The lowest BCUT2D eigenvalue weighted by atomic mass is 9.94. The van der Waals surface area contributed by atoms with Crippen molar-refractivity contribution < 1.29 is 41.0 Å². The second-order valence-corrected chi connectivity index (χ2v) is 9.56. The first kappa shape index (κ1) is 27.0. The van der Waals surface area contributed by atoms with E-state index in [1.165, 1.54) is 19.2 Å². The van der Waals surface area contributed by atoms with Gasteiger partial charge in [0.2, 0.25) is 5.91 Å². The number of rotatable bonds is 7. The van der Waals surface area contributed by atoms with Gasteiger partial charge in [0.05, 0.1) is 17.4 Å². The zero-order valence-corrected chi connectivity index (χ0v) is 19.5. The van der Waals surface area contributed by atoms with E-state index >= 15 is 0 Å². The maximum atomic E-state index is 12.6. The van der Waals surface area contributed by atoms with Crippen LogP contribution in [0, 0.1) is 0 Å². The van der Waals surface area contributed by atoms with E-state index in [2.05, 4.69) is 10.0 Å². The van der Waals surface area contributed by atoms with Crippen molar-refractivity contribution in [1.82, 2.24) is 5.32 Å². The number of alkyl halides is 3. The van der Waals surface area contributed by atoms with Crippen LogP contribution < -0.4 is 14.8 Å². The van der Waals surface area contributed by atoms with Crippen LogP contribution in [0.3, 0.4) is 0 Å². The number of carbonyl (C=O) groups is 2. The predicted molar refractivity (Wildman–Crippen MR) is 118 cm³/mol. The molecule has 0 radical (unpaired) electrons. The van der Waals surface area contributed by atoms with E-state index in [-0.39, 0.29) is 16.8 Å². The molecular weight excluding hydrogens is 477 g/mol. The number of aliphatic carboxylic acids is 1. The summed E-state index contributed by atoms with van der Waals surface area (Å²) < 4.78 is 64.5. The molecule has 3 rings (SSSR count). The van der Waals surface area contributed by atoms with Crippen molar-refractivity contribution in [2.24, 2.45) is 0 Å². The molecule has 2 aromatic carbocycles. The Kier molecular flexibility index (Phi) is 8.19. The molecule has 0 bridgehead atoms. The Labute approximate surface area is 195 Å². The number of hydrogen-bond donors (Lipinski definition) is 3. The van der Waals surface area contributed by atoms with Gasteiger partial charge in [0.15, 0.2) is 0 Å². The number of sulfonamides is 1. The summed E-state index contributed by atoms with van der Waals surface area (Å²) in [6, 6.07) is 13.4. The van der Waals surface area contributed by atoms with Crippen LogP contribution in [0.15, 0.2) is 53.4 Å². The van der Waals surface area contributed by atoms with Crippen molar-refractivity contribution in [2.45, 2.75) is 49.2 Å². The molecule has 0 spiro atoms. The van der Waals surface area contributed by atoms with Gasteiger partial charge in [-0.25, -0.2) is 13.2 Å². The summed E-state index contributed by atoms with van der Waals surface area (Å²) >= 11 is 0. The van der Waals surface area contributed by atoms with Crippen LogP contribution in [0.5, 0.6) is 5.75 Å². The first-order chi connectivity index (χ1) is 15.7. The lowest BCUT2D eigenvalue weighted by Crippen LogP contribution is -2.38. The van der Waals surface area contributed by atoms with Crippen molar-refractivity contribution in [1.29, 1.82) is 0 Å². The number of amides is 1. The number of hydrogen-bond acceptors (Lipinski definition) is 5. The fourth-order valence-electron chi connectivity index (χ4n) is 3.01. The number of ether oxygens (including phenoxy) is 1. The fraction of sp³-hybridized carbons (Fsp3) is 0.364.